The van der Waals surface area contributed by atoms with Crippen LogP contribution in [-0.2, 0) is 6.42 Å². The fraction of sp³-hybridized carbons (Fsp3) is 0.688. The monoisotopic (exact) mass is 277 g/mol. The van der Waals surface area contributed by atoms with Crippen molar-refractivity contribution < 1.29 is 0 Å². The number of likely N-dealkylation sites (N-methyl/N-ethyl adjacent to an activating group) is 1. The highest BCUT2D eigenvalue weighted by Crippen LogP contribution is 2.27. The van der Waals surface area contributed by atoms with Crippen LogP contribution >= 0.6 is 0 Å². The molecule has 1 heterocycles. The van der Waals surface area contributed by atoms with Crippen LogP contribution in [0.4, 0.5) is 0 Å². The smallest absolute Gasteiger partial charge is 0.248 e. The molecule has 0 spiro atoms. The van der Waals surface area contributed by atoms with Crippen molar-refractivity contribution in [3.05, 3.63) is 33.7 Å². The van der Waals surface area contributed by atoms with E-state index in [1.807, 2.05) is 6.07 Å². The van der Waals surface area contributed by atoms with Crippen LogP contribution in [0.1, 0.15) is 50.9 Å². The number of rotatable bonds is 6. The van der Waals surface area contributed by atoms with E-state index in [1.165, 1.54) is 5.56 Å². The second kappa shape index (κ2) is 7.04. The number of fused-ring (bicyclic) bond motifs is 1. The van der Waals surface area contributed by atoms with Gasteiger partial charge in [0.1, 0.15) is 0 Å². The van der Waals surface area contributed by atoms with Gasteiger partial charge in [-0.3, -0.25) is 4.79 Å². The maximum Gasteiger partial charge on any atom is 0.248 e. The summed E-state index contributed by atoms with van der Waals surface area (Å²) in [6.07, 6.45) is 3.29. The molecule has 2 N–H and O–H groups in total. The first-order valence-corrected chi connectivity index (χ1v) is 7.84. The number of aromatic nitrogens is 1. The van der Waals surface area contributed by atoms with Crippen LogP contribution in [0.5, 0.6) is 0 Å². The second-order valence-corrected chi connectivity index (χ2v) is 5.75. The third-order valence-electron chi connectivity index (χ3n) is 4.24. The van der Waals surface area contributed by atoms with Gasteiger partial charge >= 0.3 is 0 Å². The summed E-state index contributed by atoms with van der Waals surface area (Å²) in [5, 5.41) is 3.73. The van der Waals surface area contributed by atoms with Gasteiger partial charge in [0.05, 0.1) is 0 Å². The summed E-state index contributed by atoms with van der Waals surface area (Å²) < 4.78 is 0. The minimum Gasteiger partial charge on any atom is -0.326 e. The lowest BCUT2D eigenvalue weighted by Gasteiger charge is -2.31. The van der Waals surface area contributed by atoms with Gasteiger partial charge in [-0.25, -0.2) is 0 Å². The number of hydrogen-bond acceptors (Lipinski definition) is 3. The van der Waals surface area contributed by atoms with Crippen LogP contribution in [0.25, 0.3) is 0 Å². The first-order chi connectivity index (χ1) is 9.63. The molecule has 20 heavy (non-hydrogen) atoms. The minimum absolute atomic E-state index is 0.0144. The van der Waals surface area contributed by atoms with Crippen molar-refractivity contribution in [3.63, 3.8) is 0 Å². The Morgan fingerprint density at radius 2 is 2.15 bits per heavy atom. The largest absolute Gasteiger partial charge is 0.326 e. The van der Waals surface area contributed by atoms with Crippen molar-refractivity contribution in [2.24, 2.45) is 0 Å². The highest BCUT2D eigenvalue weighted by atomic mass is 16.1. The fourth-order valence-corrected chi connectivity index (χ4v) is 3.14. The topological polar surface area (TPSA) is 48.1 Å². The van der Waals surface area contributed by atoms with E-state index in [2.05, 4.69) is 36.0 Å². The van der Waals surface area contributed by atoms with E-state index in [4.69, 9.17) is 0 Å². The molecule has 1 aliphatic carbocycles. The summed E-state index contributed by atoms with van der Waals surface area (Å²) in [6.45, 7) is 9.92. The molecule has 0 radical (unpaired) electrons. The molecule has 2 unspecified atom stereocenters. The quantitative estimate of drug-likeness (QED) is 0.837. The zero-order valence-electron chi connectivity index (χ0n) is 12.9. The second-order valence-electron chi connectivity index (χ2n) is 5.75. The van der Waals surface area contributed by atoms with E-state index >= 15 is 0 Å². The molecule has 0 saturated carbocycles. The van der Waals surface area contributed by atoms with E-state index < -0.39 is 0 Å². The number of pyridine rings is 1. The first kappa shape index (κ1) is 15.3. The van der Waals surface area contributed by atoms with E-state index in [-0.39, 0.29) is 5.56 Å². The van der Waals surface area contributed by atoms with Gasteiger partial charge in [-0.2, -0.15) is 0 Å². The van der Waals surface area contributed by atoms with Crippen molar-refractivity contribution in [1.82, 2.24) is 15.2 Å². The SMILES string of the molecule is CCN(CC)CC(C)NC1CCCc2[nH]c(=O)ccc21. The Kier molecular flexibility index (Phi) is 5.38. The molecule has 2 rings (SSSR count). The lowest BCUT2D eigenvalue weighted by Crippen LogP contribution is -2.41. The molecular formula is C16H27N3O. The number of aromatic amines is 1. The molecule has 4 heteroatoms. The average molecular weight is 277 g/mol. The molecule has 2 atom stereocenters. The Morgan fingerprint density at radius 1 is 1.40 bits per heavy atom. The minimum atomic E-state index is 0.0144. The van der Waals surface area contributed by atoms with Crippen LogP contribution in [0, 0.1) is 0 Å². The Labute approximate surface area is 121 Å². The lowest BCUT2D eigenvalue weighted by molar-refractivity contribution is 0.256. The fourth-order valence-electron chi connectivity index (χ4n) is 3.14. The Balaban J connectivity index is 2.02. The maximum absolute atomic E-state index is 11.4. The first-order valence-electron chi connectivity index (χ1n) is 7.84. The zero-order chi connectivity index (χ0) is 14.5. The van der Waals surface area contributed by atoms with E-state index in [9.17, 15) is 4.79 Å². The van der Waals surface area contributed by atoms with Gasteiger partial charge in [-0.15, -0.1) is 0 Å². The van der Waals surface area contributed by atoms with Gasteiger partial charge in [-0.05, 0) is 44.8 Å². The van der Waals surface area contributed by atoms with Gasteiger partial charge in [0, 0.05) is 30.4 Å². The molecule has 0 saturated heterocycles. The number of aryl methyl sites for hydroxylation is 1. The van der Waals surface area contributed by atoms with Gasteiger partial charge in [0.25, 0.3) is 0 Å². The molecule has 1 aromatic rings. The maximum atomic E-state index is 11.4. The van der Waals surface area contributed by atoms with Crippen LogP contribution < -0.4 is 10.9 Å². The number of nitrogens with zero attached hydrogens (tertiary/aromatic N) is 1. The number of H-pyrrole nitrogens is 1. The highest BCUT2D eigenvalue weighted by molar-refractivity contribution is 5.26. The van der Waals surface area contributed by atoms with Gasteiger partial charge in [0.2, 0.25) is 5.56 Å². The molecule has 0 amide bonds. The molecule has 1 aromatic heterocycles. The molecule has 0 fully saturated rings. The van der Waals surface area contributed by atoms with Crippen LogP contribution in [-0.4, -0.2) is 35.6 Å². The molecule has 4 nitrogen and oxygen atoms in total. The zero-order valence-corrected chi connectivity index (χ0v) is 12.9. The van der Waals surface area contributed by atoms with Gasteiger partial charge in [-0.1, -0.05) is 19.9 Å². The van der Waals surface area contributed by atoms with Crippen LogP contribution in [0.3, 0.4) is 0 Å². The standard InChI is InChI=1S/C16H27N3O/c1-4-19(5-2)11-12(3)17-14-7-6-8-15-13(14)9-10-16(20)18-15/h9-10,12,14,17H,4-8,11H2,1-3H3,(H,18,20). The van der Waals surface area contributed by atoms with Crippen molar-refractivity contribution in [2.45, 2.75) is 52.1 Å². The van der Waals surface area contributed by atoms with Crippen LogP contribution in [0.2, 0.25) is 0 Å². The summed E-state index contributed by atoms with van der Waals surface area (Å²) in [5.74, 6) is 0. The van der Waals surface area contributed by atoms with Gasteiger partial charge < -0.3 is 15.2 Å². The Bertz CT molecular complexity index is 479. The van der Waals surface area contributed by atoms with Gasteiger partial charge in [0.15, 0.2) is 0 Å². The summed E-state index contributed by atoms with van der Waals surface area (Å²) in [4.78, 5) is 16.8. The predicted octanol–water partition coefficient (Wildman–Crippen LogP) is 2.07. The third-order valence-corrected chi connectivity index (χ3v) is 4.24. The van der Waals surface area contributed by atoms with Crippen molar-refractivity contribution in [2.75, 3.05) is 19.6 Å². The number of nitrogens with one attached hydrogen (secondary N) is 2. The highest BCUT2D eigenvalue weighted by Gasteiger charge is 2.22. The summed E-state index contributed by atoms with van der Waals surface area (Å²) in [5.41, 5.74) is 2.42. The van der Waals surface area contributed by atoms with E-state index in [1.54, 1.807) is 6.07 Å². The normalized spacial score (nSPS) is 19.9. The molecule has 0 bridgehead atoms. The molecule has 1 aliphatic rings. The predicted molar refractivity (Wildman–Crippen MR) is 83.1 cm³/mol. The Hall–Kier alpha value is -1.13. The van der Waals surface area contributed by atoms with Crippen molar-refractivity contribution in [3.8, 4) is 0 Å². The molecular weight excluding hydrogens is 250 g/mol. The summed E-state index contributed by atoms with van der Waals surface area (Å²) in [7, 11) is 0. The summed E-state index contributed by atoms with van der Waals surface area (Å²) in [6, 6.07) is 4.47. The van der Waals surface area contributed by atoms with E-state index in [0.717, 1.165) is 44.6 Å². The van der Waals surface area contributed by atoms with Crippen molar-refractivity contribution >= 4 is 0 Å². The average Bonchev–Trinajstić information content (AvgIpc) is 2.44. The van der Waals surface area contributed by atoms with Crippen molar-refractivity contribution in [1.29, 1.82) is 0 Å². The van der Waals surface area contributed by atoms with E-state index in [0.29, 0.717) is 12.1 Å². The van der Waals surface area contributed by atoms with Crippen LogP contribution in [0.15, 0.2) is 16.9 Å². The third kappa shape index (κ3) is 3.70. The lowest BCUT2D eigenvalue weighted by atomic mass is 9.91. The molecule has 0 aromatic carbocycles. The molecule has 0 aliphatic heterocycles. The number of hydrogen-bond donors (Lipinski definition) is 2. The summed E-state index contributed by atoms with van der Waals surface area (Å²) >= 11 is 0. The Morgan fingerprint density at radius 3 is 2.85 bits per heavy atom. The molecule has 112 valence electrons.